The Balaban J connectivity index is 2.13. The first-order valence-electron chi connectivity index (χ1n) is 6.35. The van der Waals surface area contributed by atoms with Crippen molar-refractivity contribution in [2.75, 3.05) is 0 Å². The lowest BCUT2D eigenvalue weighted by Gasteiger charge is -2.10. The molecule has 3 aromatic rings. The van der Waals surface area contributed by atoms with Crippen molar-refractivity contribution in [1.29, 1.82) is 5.26 Å². The normalized spacial score (nSPS) is 10.3. The highest BCUT2D eigenvalue weighted by molar-refractivity contribution is 5.78. The van der Waals surface area contributed by atoms with Gasteiger partial charge in [-0.2, -0.15) is 5.26 Å². The number of fused-ring (bicyclic) bond motifs is 1. The van der Waals surface area contributed by atoms with Crippen LogP contribution in [0.25, 0.3) is 10.9 Å². The van der Waals surface area contributed by atoms with Crippen LogP contribution < -0.4 is 5.56 Å². The summed E-state index contributed by atoms with van der Waals surface area (Å²) in [6, 6.07) is 20.7. The molecule has 0 aliphatic heterocycles. The Morgan fingerprint density at radius 2 is 1.85 bits per heavy atom. The highest BCUT2D eigenvalue weighted by Crippen LogP contribution is 2.13. The summed E-state index contributed by atoms with van der Waals surface area (Å²) in [5, 5.41) is 9.97. The van der Waals surface area contributed by atoms with E-state index in [4.69, 9.17) is 5.26 Å². The Bertz CT molecular complexity index is 872. The van der Waals surface area contributed by atoms with E-state index in [1.807, 2.05) is 48.5 Å². The zero-order valence-corrected chi connectivity index (χ0v) is 10.8. The summed E-state index contributed by atoms with van der Waals surface area (Å²) in [6.45, 7) is 0.468. The molecule has 3 heteroatoms. The van der Waals surface area contributed by atoms with Crippen LogP contribution in [0, 0.1) is 11.3 Å². The van der Waals surface area contributed by atoms with Crippen molar-refractivity contribution in [2.24, 2.45) is 0 Å². The monoisotopic (exact) mass is 260 g/mol. The predicted octanol–water partition coefficient (Wildman–Crippen LogP) is 2.92. The van der Waals surface area contributed by atoms with Crippen molar-refractivity contribution in [3.05, 3.63) is 82.1 Å². The number of hydrogen-bond acceptors (Lipinski definition) is 2. The van der Waals surface area contributed by atoms with Crippen LogP contribution in [0.2, 0.25) is 0 Å². The maximum Gasteiger partial charge on any atom is 0.251 e. The summed E-state index contributed by atoms with van der Waals surface area (Å²) in [5.74, 6) is 0. The summed E-state index contributed by atoms with van der Waals surface area (Å²) >= 11 is 0. The van der Waals surface area contributed by atoms with E-state index in [0.717, 1.165) is 16.5 Å². The molecular weight excluding hydrogens is 248 g/mol. The van der Waals surface area contributed by atoms with Gasteiger partial charge in [-0.05, 0) is 35.2 Å². The first kappa shape index (κ1) is 12.2. The maximum absolute atomic E-state index is 12.1. The fourth-order valence-electron chi connectivity index (χ4n) is 2.33. The molecule has 3 nitrogen and oxygen atoms in total. The Labute approximate surface area is 116 Å². The van der Waals surface area contributed by atoms with Gasteiger partial charge in [0, 0.05) is 6.07 Å². The molecule has 3 rings (SSSR count). The van der Waals surface area contributed by atoms with Crippen molar-refractivity contribution in [3.8, 4) is 6.07 Å². The van der Waals surface area contributed by atoms with Crippen LogP contribution in [0.4, 0.5) is 0 Å². The lowest BCUT2D eigenvalue weighted by atomic mass is 10.1. The number of hydrogen-bond donors (Lipinski definition) is 0. The molecule has 0 radical (unpaired) electrons. The largest absolute Gasteiger partial charge is 0.304 e. The minimum absolute atomic E-state index is 0.0361. The molecular formula is C17H12N2O. The number of nitriles is 1. The van der Waals surface area contributed by atoms with Gasteiger partial charge in [0.05, 0.1) is 23.7 Å². The van der Waals surface area contributed by atoms with Gasteiger partial charge in [0.1, 0.15) is 0 Å². The molecule has 96 valence electrons. The molecule has 1 aromatic heterocycles. The number of benzene rings is 2. The number of pyridine rings is 1. The molecule has 0 amide bonds. The molecule has 0 fully saturated rings. The second-order valence-electron chi connectivity index (χ2n) is 4.63. The van der Waals surface area contributed by atoms with Crippen LogP contribution in [-0.4, -0.2) is 4.57 Å². The summed E-state index contributed by atoms with van der Waals surface area (Å²) < 4.78 is 1.73. The number of rotatable bonds is 2. The van der Waals surface area contributed by atoms with Crippen LogP contribution in [0.1, 0.15) is 11.1 Å². The highest BCUT2D eigenvalue weighted by Gasteiger charge is 2.04. The van der Waals surface area contributed by atoms with Gasteiger partial charge in [-0.1, -0.05) is 30.3 Å². The van der Waals surface area contributed by atoms with E-state index in [2.05, 4.69) is 6.07 Å². The predicted molar refractivity (Wildman–Crippen MR) is 78.5 cm³/mol. The van der Waals surface area contributed by atoms with Crippen molar-refractivity contribution < 1.29 is 0 Å². The third kappa shape index (κ3) is 2.19. The molecule has 0 spiro atoms. The highest BCUT2D eigenvalue weighted by atomic mass is 16.1. The molecule has 0 saturated carbocycles. The van der Waals surface area contributed by atoms with E-state index in [9.17, 15) is 4.79 Å². The number of aromatic nitrogens is 1. The Kier molecular flexibility index (Phi) is 3.06. The summed E-state index contributed by atoms with van der Waals surface area (Å²) in [6.07, 6.45) is 0. The maximum atomic E-state index is 12.1. The van der Waals surface area contributed by atoms with Gasteiger partial charge in [-0.25, -0.2) is 0 Å². The number of para-hydroxylation sites is 1. The van der Waals surface area contributed by atoms with Gasteiger partial charge in [0.15, 0.2) is 0 Å². The van der Waals surface area contributed by atoms with E-state index >= 15 is 0 Å². The van der Waals surface area contributed by atoms with Crippen molar-refractivity contribution in [1.82, 2.24) is 4.57 Å². The first-order valence-corrected chi connectivity index (χ1v) is 6.35. The van der Waals surface area contributed by atoms with Crippen LogP contribution in [0.3, 0.4) is 0 Å². The summed E-state index contributed by atoms with van der Waals surface area (Å²) in [7, 11) is 0. The van der Waals surface area contributed by atoms with E-state index in [1.54, 1.807) is 16.7 Å². The Hall–Kier alpha value is -2.86. The van der Waals surface area contributed by atoms with Crippen molar-refractivity contribution in [2.45, 2.75) is 6.54 Å². The minimum atomic E-state index is -0.0361. The lowest BCUT2D eigenvalue weighted by Crippen LogP contribution is -2.19. The van der Waals surface area contributed by atoms with Gasteiger partial charge < -0.3 is 4.57 Å². The van der Waals surface area contributed by atoms with Gasteiger partial charge in [-0.3, -0.25) is 4.79 Å². The average molecular weight is 260 g/mol. The fourth-order valence-corrected chi connectivity index (χ4v) is 2.33. The summed E-state index contributed by atoms with van der Waals surface area (Å²) in [4.78, 5) is 12.1. The molecule has 0 aliphatic carbocycles. The smallest absolute Gasteiger partial charge is 0.251 e. The van der Waals surface area contributed by atoms with E-state index in [1.165, 1.54) is 0 Å². The molecule has 0 atom stereocenters. The Morgan fingerprint density at radius 3 is 2.70 bits per heavy atom. The van der Waals surface area contributed by atoms with E-state index in [-0.39, 0.29) is 5.56 Å². The van der Waals surface area contributed by atoms with Gasteiger partial charge >= 0.3 is 0 Å². The van der Waals surface area contributed by atoms with Crippen molar-refractivity contribution in [3.63, 3.8) is 0 Å². The van der Waals surface area contributed by atoms with Gasteiger partial charge in [-0.15, -0.1) is 0 Å². The molecule has 2 aromatic carbocycles. The van der Waals surface area contributed by atoms with Gasteiger partial charge in [0.2, 0.25) is 0 Å². The standard InChI is InChI=1S/C17H12N2O/c18-11-13-4-3-5-14(10-13)12-19-16-7-2-1-6-15(16)8-9-17(19)20/h1-10H,12H2. The van der Waals surface area contributed by atoms with E-state index in [0.29, 0.717) is 12.1 Å². The lowest BCUT2D eigenvalue weighted by molar-refractivity contribution is 0.794. The zero-order chi connectivity index (χ0) is 13.9. The zero-order valence-electron chi connectivity index (χ0n) is 10.8. The third-order valence-corrected chi connectivity index (χ3v) is 3.30. The quantitative estimate of drug-likeness (QED) is 0.711. The third-order valence-electron chi connectivity index (χ3n) is 3.30. The van der Waals surface area contributed by atoms with Gasteiger partial charge in [0.25, 0.3) is 5.56 Å². The molecule has 0 unspecified atom stereocenters. The molecule has 20 heavy (non-hydrogen) atoms. The van der Waals surface area contributed by atoms with Crippen molar-refractivity contribution >= 4 is 10.9 Å². The summed E-state index contributed by atoms with van der Waals surface area (Å²) in [5.41, 5.74) is 2.42. The minimum Gasteiger partial charge on any atom is -0.304 e. The number of nitrogens with zero attached hydrogens (tertiary/aromatic N) is 2. The first-order chi connectivity index (χ1) is 9.78. The van der Waals surface area contributed by atoms with Crippen LogP contribution in [0.5, 0.6) is 0 Å². The fraction of sp³-hybridized carbons (Fsp3) is 0.0588. The molecule has 0 saturated heterocycles. The average Bonchev–Trinajstić information content (AvgIpc) is 2.50. The molecule has 1 heterocycles. The SMILES string of the molecule is N#Cc1cccc(Cn2c(=O)ccc3ccccc32)c1. The van der Waals surface area contributed by atoms with Crippen LogP contribution in [0.15, 0.2) is 65.5 Å². The second-order valence-corrected chi connectivity index (χ2v) is 4.63. The van der Waals surface area contributed by atoms with E-state index < -0.39 is 0 Å². The Morgan fingerprint density at radius 1 is 1.00 bits per heavy atom. The molecule has 0 bridgehead atoms. The topological polar surface area (TPSA) is 45.8 Å². The second kappa shape index (κ2) is 5.02. The van der Waals surface area contributed by atoms with Crippen LogP contribution in [-0.2, 0) is 6.54 Å². The molecule has 0 N–H and O–H groups in total. The van der Waals surface area contributed by atoms with Crippen LogP contribution >= 0.6 is 0 Å². The molecule has 0 aliphatic rings.